The van der Waals surface area contributed by atoms with Gasteiger partial charge in [0.2, 0.25) is 0 Å². The number of anilines is 2. The lowest BCUT2D eigenvalue weighted by atomic mass is 9.90. The highest BCUT2D eigenvalue weighted by molar-refractivity contribution is 7.21. The molecule has 4 N–H and O–H groups in total. The summed E-state index contributed by atoms with van der Waals surface area (Å²) in [7, 11) is 0. The van der Waals surface area contributed by atoms with E-state index < -0.39 is 0 Å². The number of ether oxygens (including phenoxy) is 1. The molecule has 1 saturated heterocycles. The average Bonchev–Trinajstić information content (AvgIpc) is 3.11. The fourth-order valence-corrected chi connectivity index (χ4v) is 5.39. The molecule has 0 bridgehead atoms. The predicted molar refractivity (Wildman–Crippen MR) is 125 cm³/mol. The third-order valence-corrected chi connectivity index (χ3v) is 7.36. The van der Waals surface area contributed by atoms with Crippen molar-refractivity contribution in [1.82, 2.24) is 15.6 Å². The molecule has 2 aromatic heterocycles. The molecular formula is C23H27N5O2S. The normalized spacial score (nSPS) is 20.9. The molecule has 8 heteroatoms. The molecule has 0 spiro atoms. The Morgan fingerprint density at radius 2 is 2.10 bits per heavy atom. The van der Waals surface area contributed by atoms with Crippen molar-refractivity contribution in [3.8, 4) is 5.75 Å². The van der Waals surface area contributed by atoms with Crippen molar-refractivity contribution >= 4 is 38.8 Å². The number of aromatic nitrogens is 1. The van der Waals surface area contributed by atoms with Gasteiger partial charge in [-0.3, -0.25) is 4.79 Å². The van der Waals surface area contributed by atoms with Crippen LogP contribution in [0, 0.1) is 6.92 Å². The minimum absolute atomic E-state index is 0.121. The molecule has 0 aliphatic carbocycles. The van der Waals surface area contributed by atoms with Crippen LogP contribution in [-0.4, -0.2) is 49.7 Å². The molecule has 1 amide bonds. The molecule has 31 heavy (non-hydrogen) atoms. The Morgan fingerprint density at radius 1 is 1.29 bits per heavy atom. The molecule has 2 atom stereocenters. The number of hydrogen-bond acceptors (Lipinski definition) is 7. The number of nitrogens with one attached hydrogen (secondary N) is 2. The maximum atomic E-state index is 13.0. The number of amides is 1. The van der Waals surface area contributed by atoms with Gasteiger partial charge >= 0.3 is 0 Å². The summed E-state index contributed by atoms with van der Waals surface area (Å²) in [6.45, 7) is 8.50. The van der Waals surface area contributed by atoms with E-state index in [1.807, 2.05) is 19.1 Å². The number of carbonyl (C=O) groups excluding carboxylic acids is 1. The number of aryl methyl sites for hydroxylation is 1. The Bertz CT molecular complexity index is 1140. The molecule has 162 valence electrons. The van der Waals surface area contributed by atoms with Gasteiger partial charge in [-0.05, 0) is 30.7 Å². The van der Waals surface area contributed by atoms with E-state index in [2.05, 4.69) is 45.6 Å². The third-order valence-electron chi connectivity index (χ3n) is 6.25. The molecule has 7 nitrogen and oxygen atoms in total. The van der Waals surface area contributed by atoms with Crippen molar-refractivity contribution in [3.05, 3.63) is 46.5 Å². The first-order valence-corrected chi connectivity index (χ1v) is 11.5. The topological polar surface area (TPSA) is 92.5 Å². The van der Waals surface area contributed by atoms with Crippen LogP contribution < -0.4 is 26.0 Å². The van der Waals surface area contributed by atoms with E-state index in [-0.39, 0.29) is 17.9 Å². The van der Waals surface area contributed by atoms with Crippen LogP contribution in [0.4, 0.5) is 11.4 Å². The summed E-state index contributed by atoms with van der Waals surface area (Å²) in [6, 6.07) is 10.1. The standard InChI is InChI=1S/C23H27N5O2S/c1-13-3-5-17-20(24)21(31-23(17)26-13)22(29)27-18-12-30-19-11-15(4-6-16(19)14(18)2)28-9-7-25-8-10-28/h3-6,11,14,18,25H,7-10,12,24H2,1-2H3,(H,27,29)/t14-,18-/m0/s1. The van der Waals surface area contributed by atoms with Gasteiger partial charge in [-0.15, -0.1) is 11.3 Å². The van der Waals surface area contributed by atoms with Crippen molar-refractivity contribution in [1.29, 1.82) is 0 Å². The van der Waals surface area contributed by atoms with Crippen molar-refractivity contribution in [2.45, 2.75) is 25.8 Å². The largest absolute Gasteiger partial charge is 0.491 e. The van der Waals surface area contributed by atoms with E-state index in [1.165, 1.54) is 17.0 Å². The van der Waals surface area contributed by atoms with Crippen molar-refractivity contribution < 1.29 is 9.53 Å². The van der Waals surface area contributed by atoms with E-state index in [1.54, 1.807) is 0 Å². The zero-order valence-corrected chi connectivity index (χ0v) is 18.6. The predicted octanol–water partition coefficient (Wildman–Crippen LogP) is 2.89. The number of nitrogen functional groups attached to an aromatic ring is 1. The van der Waals surface area contributed by atoms with Crippen molar-refractivity contribution in [2.24, 2.45) is 0 Å². The van der Waals surface area contributed by atoms with Crippen molar-refractivity contribution in [2.75, 3.05) is 43.4 Å². The Labute approximate surface area is 185 Å². The van der Waals surface area contributed by atoms with Gasteiger partial charge in [0.25, 0.3) is 5.91 Å². The summed E-state index contributed by atoms with van der Waals surface area (Å²) >= 11 is 1.34. The number of thiophene rings is 1. The first-order valence-electron chi connectivity index (χ1n) is 10.7. The van der Waals surface area contributed by atoms with Crippen LogP contribution in [0.1, 0.15) is 33.8 Å². The highest BCUT2D eigenvalue weighted by Gasteiger charge is 2.31. The van der Waals surface area contributed by atoms with Crippen LogP contribution in [0.3, 0.4) is 0 Å². The van der Waals surface area contributed by atoms with Crippen LogP contribution >= 0.6 is 11.3 Å². The lowest BCUT2D eigenvalue weighted by Crippen LogP contribution is -2.45. The minimum atomic E-state index is -0.167. The third kappa shape index (κ3) is 3.70. The summed E-state index contributed by atoms with van der Waals surface area (Å²) in [5.74, 6) is 0.885. The second kappa shape index (κ2) is 8.01. The van der Waals surface area contributed by atoms with Crippen molar-refractivity contribution in [3.63, 3.8) is 0 Å². The highest BCUT2D eigenvalue weighted by atomic mass is 32.1. The lowest BCUT2D eigenvalue weighted by molar-refractivity contribution is 0.0909. The van der Waals surface area contributed by atoms with E-state index in [4.69, 9.17) is 10.5 Å². The number of benzene rings is 1. The SMILES string of the molecule is Cc1ccc2c(N)c(C(=O)N[C@H]3COc4cc(N5CCNCC5)ccc4[C@@H]3C)sc2n1. The average molecular weight is 438 g/mol. The molecule has 0 radical (unpaired) electrons. The molecule has 2 aliphatic heterocycles. The Morgan fingerprint density at radius 3 is 2.90 bits per heavy atom. The van der Waals surface area contributed by atoms with Crippen LogP contribution in [0.2, 0.25) is 0 Å². The van der Waals surface area contributed by atoms with E-state index in [0.29, 0.717) is 17.2 Å². The van der Waals surface area contributed by atoms with Gasteiger partial charge in [0.1, 0.15) is 22.1 Å². The molecule has 1 fully saturated rings. The number of piperazine rings is 1. The van der Waals surface area contributed by atoms with Crippen LogP contribution in [0.25, 0.3) is 10.2 Å². The second-order valence-electron chi connectivity index (χ2n) is 8.29. The zero-order valence-electron chi connectivity index (χ0n) is 17.8. The Kier molecular flexibility index (Phi) is 5.19. The van der Waals surface area contributed by atoms with Gasteiger partial charge in [-0.2, -0.15) is 0 Å². The first-order chi connectivity index (χ1) is 15.0. The van der Waals surface area contributed by atoms with E-state index in [0.717, 1.165) is 53.4 Å². The number of nitrogens with two attached hydrogens (primary N) is 1. The van der Waals surface area contributed by atoms with E-state index in [9.17, 15) is 4.79 Å². The highest BCUT2D eigenvalue weighted by Crippen LogP contribution is 2.37. The fraction of sp³-hybridized carbons (Fsp3) is 0.391. The first kappa shape index (κ1) is 20.1. The summed E-state index contributed by atoms with van der Waals surface area (Å²) in [4.78, 5) is 21.2. The van der Waals surface area contributed by atoms with Crippen LogP contribution in [0.5, 0.6) is 5.75 Å². The maximum absolute atomic E-state index is 13.0. The Balaban J connectivity index is 1.34. The van der Waals surface area contributed by atoms with Gasteiger partial charge in [-0.25, -0.2) is 4.98 Å². The van der Waals surface area contributed by atoms with E-state index >= 15 is 0 Å². The fourth-order valence-electron chi connectivity index (χ4n) is 4.34. The number of rotatable bonds is 3. The summed E-state index contributed by atoms with van der Waals surface area (Å²) in [5.41, 5.74) is 9.98. The molecule has 3 aromatic rings. The quantitative estimate of drug-likeness (QED) is 0.584. The van der Waals surface area contributed by atoms with Crippen LogP contribution in [0.15, 0.2) is 30.3 Å². The van der Waals surface area contributed by atoms with Crippen LogP contribution in [-0.2, 0) is 0 Å². The van der Waals surface area contributed by atoms with Gasteiger partial charge < -0.3 is 26.0 Å². The van der Waals surface area contributed by atoms with Gasteiger partial charge in [0, 0.05) is 54.9 Å². The number of fused-ring (bicyclic) bond motifs is 2. The number of hydrogen-bond donors (Lipinski definition) is 3. The molecule has 0 saturated carbocycles. The number of pyridine rings is 1. The summed E-state index contributed by atoms with van der Waals surface area (Å²) in [5, 5.41) is 7.35. The second-order valence-corrected chi connectivity index (χ2v) is 9.29. The van der Waals surface area contributed by atoms with Gasteiger partial charge in [-0.1, -0.05) is 13.0 Å². The summed E-state index contributed by atoms with van der Waals surface area (Å²) < 4.78 is 6.08. The van der Waals surface area contributed by atoms with Gasteiger partial charge in [0.05, 0.1) is 11.7 Å². The zero-order chi connectivity index (χ0) is 21.5. The maximum Gasteiger partial charge on any atom is 0.263 e. The van der Waals surface area contributed by atoms with Gasteiger partial charge in [0.15, 0.2) is 0 Å². The molecular weight excluding hydrogens is 410 g/mol. The molecule has 5 rings (SSSR count). The number of carbonyl (C=O) groups is 1. The molecule has 2 aliphatic rings. The monoisotopic (exact) mass is 437 g/mol. The smallest absolute Gasteiger partial charge is 0.263 e. The molecule has 1 aromatic carbocycles. The minimum Gasteiger partial charge on any atom is -0.491 e. The molecule has 0 unspecified atom stereocenters. The summed E-state index contributed by atoms with van der Waals surface area (Å²) in [6.07, 6.45) is 0. The lowest BCUT2D eigenvalue weighted by Gasteiger charge is -2.34. The molecule has 4 heterocycles. The Hall–Kier alpha value is -2.84. The number of nitrogens with zero attached hydrogens (tertiary/aromatic N) is 2.